The van der Waals surface area contributed by atoms with Crippen LogP contribution in [-0.2, 0) is 17.8 Å². The number of carbonyl (C=O) groups is 1. The molecule has 1 unspecified atom stereocenters. The summed E-state index contributed by atoms with van der Waals surface area (Å²) < 4.78 is 5.54. The van der Waals surface area contributed by atoms with Gasteiger partial charge in [0.15, 0.2) is 5.76 Å². The summed E-state index contributed by atoms with van der Waals surface area (Å²) in [7, 11) is 0. The summed E-state index contributed by atoms with van der Waals surface area (Å²) in [6.45, 7) is 4.07. The minimum absolute atomic E-state index is 0.222. The number of hydrogen-bond donors (Lipinski definition) is 0. The van der Waals surface area contributed by atoms with Gasteiger partial charge in [-0.1, -0.05) is 41.6 Å². The Morgan fingerprint density at radius 2 is 1.83 bits per heavy atom. The number of hydrogen-bond acceptors (Lipinski definition) is 5. The standard InChI is InChI=1S/C24H26N4O2/c29-23-24(11-15-28(23)13-9-19-6-2-1-3-7-19)10-14-27(18-24)17-20-16-22(26-30-20)21-8-4-5-12-25-21/h1-8,12,16H,9-11,13-15,17-18H2. The van der Waals surface area contributed by atoms with Gasteiger partial charge >= 0.3 is 0 Å². The van der Waals surface area contributed by atoms with Crippen LogP contribution in [0.25, 0.3) is 11.4 Å². The first-order chi connectivity index (χ1) is 14.7. The quantitative estimate of drug-likeness (QED) is 0.632. The smallest absolute Gasteiger partial charge is 0.230 e. The lowest BCUT2D eigenvalue weighted by atomic mass is 9.85. The van der Waals surface area contributed by atoms with Gasteiger partial charge in [0.1, 0.15) is 5.69 Å². The van der Waals surface area contributed by atoms with Crippen LogP contribution in [0, 0.1) is 5.41 Å². The third-order valence-electron chi connectivity index (χ3n) is 6.41. The summed E-state index contributed by atoms with van der Waals surface area (Å²) in [6.07, 6.45) is 4.55. The summed E-state index contributed by atoms with van der Waals surface area (Å²) in [5.41, 5.74) is 2.63. The molecular formula is C24H26N4O2. The van der Waals surface area contributed by atoms with E-state index in [9.17, 15) is 4.79 Å². The van der Waals surface area contributed by atoms with Crippen LogP contribution in [-0.4, -0.2) is 52.0 Å². The molecule has 6 nitrogen and oxygen atoms in total. The van der Waals surface area contributed by atoms with E-state index < -0.39 is 0 Å². The number of rotatable bonds is 6. The molecule has 1 aromatic carbocycles. The lowest BCUT2D eigenvalue weighted by Gasteiger charge is -2.23. The van der Waals surface area contributed by atoms with Crippen molar-refractivity contribution >= 4 is 5.91 Å². The van der Waals surface area contributed by atoms with E-state index >= 15 is 0 Å². The molecule has 6 heteroatoms. The van der Waals surface area contributed by atoms with Crippen LogP contribution in [0.2, 0.25) is 0 Å². The molecule has 2 fully saturated rings. The summed E-state index contributed by atoms with van der Waals surface area (Å²) in [5, 5.41) is 4.16. The number of pyridine rings is 1. The van der Waals surface area contributed by atoms with Crippen LogP contribution in [0.5, 0.6) is 0 Å². The van der Waals surface area contributed by atoms with Gasteiger partial charge in [-0.3, -0.25) is 14.7 Å². The Labute approximate surface area is 176 Å². The van der Waals surface area contributed by atoms with Crippen LogP contribution in [0.1, 0.15) is 24.2 Å². The first-order valence-corrected chi connectivity index (χ1v) is 10.6. The molecule has 1 spiro atoms. The van der Waals surface area contributed by atoms with Crippen LogP contribution >= 0.6 is 0 Å². The van der Waals surface area contributed by atoms with Gasteiger partial charge in [-0.15, -0.1) is 0 Å². The van der Waals surface area contributed by atoms with E-state index in [-0.39, 0.29) is 5.41 Å². The molecule has 2 saturated heterocycles. The van der Waals surface area contributed by atoms with E-state index in [2.05, 4.69) is 44.2 Å². The van der Waals surface area contributed by atoms with Crippen molar-refractivity contribution in [2.24, 2.45) is 5.41 Å². The molecule has 0 aliphatic carbocycles. The van der Waals surface area contributed by atoms with Crippen molar-refractivity contribution in [2.75, 3.05) is 26.2 Å². The molecule has 2 aliphatic heterocycles. The third-order valence-corrected chi connectivity index (χ3v) is 6.41. The van der Waals surface area contributed by atoms with Gasteiger partial charge in [-0.2, -0.15) is 0 Å². The van der Waals surface area contributed by atoms with Gasteiger partial charge in [0, 0.05) is 31.9 Å². The number of amides is 1. The van der Waals surface area contributed by atoms with E-state index in [1.54, 1.807) is 6.20 Å². The fourth-order valence-electron chi connectivity index (χ4n) is 4.73. The fourth-order valence-corrected chi connectivity index (χ4v) is 4.73. The summed E-state index contributed by atoms with van der Waals surface area (Å²) in [6, 6.07) is 18.1. The van der Waals surface area contributed by atoms with E-state index in [0.29, 0.717) is 12.5 Å². The first kappa shape index (κ1) is 19.0. The molecule has 1 amide bonds. The molecule has 2 aliphatic rings. The van der Waals surface area contributed by atoms with E-state index in [1.807, 2.05) is 30.3 Å². The minimum Gasteiger partial charge on any atom is -0.359 e. The lowest BCUT2D eigenvalue weighted by Crippen LogP contribution is -2.37. The SMILES string of the molecule is O=C1N(CCc2ccccc2)CCC12CCN(Cc1cc(-c3ccccn3)no1)C2. The number of likely N-dealkylation sites (tertiary alicyclic amines) is 2. The Morgan fingerprint density at radius 3 is 2.67 bits per heavy atom. The number of nitrogens with zero attached hydrogens (tertiary/aromatic N) is 4. The number of aromatic nitrogens is 2. The van der Waals surface area contributed by atoms with E-state index in [1.165, 1.54) is 5.56 Å². The van der Waals surface area contributed by atoms with Crippen molar-refractivity contribution in [1.82, 2.24) is 19.9 Å². The molecule has 2 aromatic heterocycles. The van der Waals surface area contributed by atoms with Gasteiger partial charge in [0.05, 0.1) is 17.7 Å². The summed E-state index contributed by atoms with van der Waals surface area (Å²) in [5.74, 6) is 1.15. The van der Waals surface area contributed by atoms with Crippen molar-refractivity contribution in [3.05, 3.63) is 72.1 Å². The molecule has 0 radical (unpaired) electrons. The Balaban J connectivity index is 1.18. The second-order valence-electron chi connectivity index (χ2n) is 8.41. The molecule has 5 rings (SSSR count). The van der Waals surface area contributed by atoms with Gasteiger partial charge in [0.25, 0.3) is 0 Å². The first-order valence-electron chi connectivity index (χ1n) is 10.6. The molecule has 0 bridgehead atoms. The maximum atomic E-state index is 13.2. The summed E-state index contributed by atoms with van der Waals surface area (Å²) >= 11 is 0. The highest BCUT2D eigenvalue weighted by Gasteiger charge is 2.50. The Kier molecular flexibility index (Phi) is 5.09. The van der Waals surface area contributed by atoms with Crippen molar-refractivity contribution in [3.63, 3.8) is 0 Å². The molecule has 3 aromatic rings. The van der Waals surface area contributed by atoms with Crippen LogP contribution in [0.3, 0.4) is 0 Å². The molecule has 0 N–H and O–H groups in total. The van der Waals surface area contributed by atoms with Gasteiger partial charge in [-0.05, 0) is 43.5 Å². The second kappa shape index (κ2) is 8.03. The third kappa shape index (κ3) is 3.75. The zero-order chi connectivity index (χ0) is 20.4. The zero-order valence-electron chi connectivity index (χ0n) is 17.0. The summed E-state index contributed by atoms with van der Waals surface area (Å²) in [4.78, 5) is 21.9. The van der Waals surface area contributed by atoms with E-state index in [4.69, 9.17) is 4.52 Å². The molecule has 1 atom stereocenters. The van der Waals surface area contributed by atoms with E-state index in [0.717, 1.165) is 62.6 Å². The van der Waals surface area contributed by atoms with Crippen LogP contribution < -0.4 is 0 Å². The highest BCUT2D eigenvalue weighted by Crippen LogP contribution is 2.41. The highest BCUT2D eigenvalue weighted by atomic mass is 16.5. The van der Waals surface area contributed by atoms with Crippen LogP contribution in [0.4, 0.5) is 0 Å². The predicted molar refractivity (Wildman–Crippen MR) is 113 cm³/mol. The monoisotopic (exact) mass is 402 g/mol. The van der Waals surface area contributed by atoms with Crippen molar-refractivity contribution in [2.45, 2.75) is 25.8 Å². The average Bonchev–Trinajstić information content (AvgIpc) is 3.50. The van der Waals surface area contributed by atoms with Crippen LogP contribution in [0.15, 0.2) is 65.3 Å². The minimum atomic E-state index is -0.222. The molecular weight excluding hydrogens is 376 g/mol. The normalized spacial score (nSPS) is 21.7. The average molecular weight is 402 g/mol. The Morgan fingerprint density at radius 1 is 1.00 bits per heavy atom. The lowest BCUT2D eigenvalue weighted by molar-refractivity contribution is -0.135. The number of carbonyl (C=O) groups excluding carboxylic acids is 1. The molecule has 0 saturated carbocycles. The van der Waals surface area contributed by atoms with Gasteiger partial charge in [-0.25, -0.2) is 0 Å². The Bertz CT molecular complexity index is 1000. The van der Waals surface area contributed by atoms with Gasteiger partial charge in [0.2, 0.25) is 5.91 Å². The fraction of sp³-hybridized carbons (Fsp3) is 0.375. The highest BCUT2D eigenvalue weighted by molar-refractivity contribution is 5.85. The molecule has 154 valence electrons. The Hall–Kier alpha value is -2.99. The predicted octanol–water partition coefficient (Wildman–Crippen LogP) is 3.40. The maximum absolute atomic E-state index is 13.2. The zero-order valence-corrected chi connectivity index (χ0v) is 17.0. The number of benzene rings is 1. The van der Waals surface area contributed by atoms with Gasteiger partial charge < -0.3 is 9.42 Å². The van der Waals surface area contributed by atoms with Crippen molar-refractivity contribution in [3.8, 4) is 11.4 Å². The molecule has 4 heterocycles. The topological polar surface area (TPSA) is 62.5 Å². The largest absolute Gasteiger partial charge is 0.359 e. The van der Waals surface area contributed by atoms with Crippen molar-refractivity contribution in [1.29, 1.82) is 0 Å². The maximum Gasteiger partial charge on any atom is 0.230 e. The molecule has 30 heavy (non-hydrogen) atoms. The van der Waals surface area contributed by atoms with Crippen molar-refractivity contribution < 1.29 is 9.32 Å². The second-order valence-corrected chi connectivity index (χ2v) is 8.41.